The largest absolute Gasteiger partial charge is 0.507 e. The summed E-state index contributed by atoms with van der Waals surface area (Å²) in [7, 11) is 0. The van der Waals surface area contributed by atoms with E-state index in [9.17, 15) is 5.11 Å². The van der Waals surface area contributed by atoms with Crippen LogP contribution in [0.15, 0.2) is 66.0 Å². The number of nitrogens with one attached hydrogen (secondary N) is 1. The second-order valence-corrected chi connectivity index (χ2v) is 7.68. The van der Waals surface area contributed by atoms with Crippen LogP contribution in [-0.4, -0.2) is 36.2 Å². The third-order valence-corrected chi connectivity index (χ3v) is 5.80. The van der Waals surface area contributed by atoms with Crippen LogP contribution in [0.5, 0.6) is 11.5 Å². The van der Waals surface area contributed by atoms with Crippen molar-refractivity contribution in [3.8, 4) is 11.5 Å². The Kier molecular flexibility index (Phi) is 5.72. The van der Waals surface area contributed by atoms with E-state index in [1.807, 2.05) is 42.5 Å². The number of nitrogens with zero attached hydrogens (tertiary/aromatic N) is 1. The minimum absolute atomic E-state index is 0.0790. The van der Waals surface area contributed by atoms with Gasteiger partial charge in [-0.05, 0) is 29.1 Å². The molecule has 4 rings (SSSR count). The number of aromatic hydroxyl groups is 1. The third kappa shape index (κ3) is 4.33. The van der Waals surface area contributed by atoms with Gasteiger partial charge in [-0.15, -0.1) is 11.3 Å². The minimum Gasteiger partial charge on any atom is -0.507 e. The first kappa shape index (κ1) is 18.0. The standard InChI is InChI=1S/C22H24N2O2S/c25-20-15-18(26-16-17-5-2-1-3-6-17)8-9-19(20)22(21-7-4-14-27-21)24-12-10-23-11-13-24/h1-9,14-15,22-23,25H,10-13,16H2/t22-/m1/s1. The van der Waals surface area contributed by atoms with Gasteiger partial charge in [-0.25, -0.2) is 0 Å². The molecule has 1 aliphatic rings. The summed E-state index contributed by atoms with van der Waals surface area (Å²) in [5.74, 6) is 0.975. The Bertz CT molecular complexity index is 846. The molecule has 5 heteroatoms. The lowest BCUT2D eigenvalue weighted by atomic mass is 10.0. The van der Waals surface area contributed by atoms with Crippen LogP contribution in [0.4, 0.5) is 0 Å². The number of ether oxygens (including phenoxy) is 1. The summed E-state index contributed by atoms with van der Waals surface area (Å²) in [6, 6.07) is 20.1. The van der Waals surface area contributed by atoms with Crippen molar-refractivity contribution in [3.63, 3.8) is 0 Å². The molecular weight excluding hydrogens is 356 g/mol. The Morgan fingerprint density at radius 3 is 2.56 bits per heavy atom. The molecule has 0 radical (unpaired) electrons. The summed E-state index contributed by atoms with van der Waals surface area (Å²) < 4.78 is 5.86. The van der Waals surface area contributed by atoms with Crippen molar-refractivity contribution >= 4 is 11.3 Å². The molecule has 0 saturated carbocycles. The van der Waals surface area contributed by atoms with Crippen molar-refractivity contribution in [2.24, 2.45) is 0 Å². The SMILES string of the molecule is Oc1cc(OCc2ccccc2)ccc1[C@H](c1cccs1)N1CCNCC1. The first-order valence-electron chi connectivity index (χ1n) is 9.29. The first-order valence-corrected chi connectivity index (χ1v) is 10.2. The molecule has 1 aliphatic heterocycles. The van der Waals surface area contributed by atoms with Crippen molar-refractivity contribution in [1.82, 2.24) is 10.2 Å². The lowest BCUT2D eigenvalue weighted by Gasteiger charge is -2.35. The number of benzene rings is 2. The smallest absolute Gasteiger partial charge is 0.124 e. The quantitative estimate of drug-likeness (QED) is 0.678. The van der Waals surface area contributed by atoms with Gasteiger partial charge in [0, 0.05) is 42.7 Å². The van der Waals surface area contributed by atoms with Crippen LogP contribution in [0.25, 0.3) is 0 Å². The predicted octanol–water partition coefficient (Wildman–Crippen LogP) is 4.03. The monoisotopic (exact) mass is 380 g/mol. The summed E-state index contributed by atoms with van der Waals surface area (Å²) in [6.45, 7) is 4.37. The number of hydrogen-bond donors (Lipinski definition) is 2. The summed E-state index contributed by atoms with van der Waals surface area (Å²) in [5, 5.41) is 16.3. The molecule has 4 nitrogen and oxygen atoms in total. The van der Waals surface area contributed by atoms with Crippen molar-refractivity contribution in [3.05, 3.63) is 82.0 Å². The van der Waals surface area contributed by atoms with E-state index < -0.39 is 0 Å². The van der Waals surface area contributed by atoms with Gasteiger partial charge in [0.05, 0.1) is 6.04 Å². The van der Waals surface area contributed by atoms with Crippen molar-refractivity contribution < 1.29 is 9.84 Å². The molecule has 0 amide bonds. The van der Waals surface area contributed by atoms with Crippen LogP contribution < -0.4 is 10.1 Å². The molecular formula is C22H24N2O2S. The van der Waals surface area contributed by atoms with Crippen LogP contribution in [0.3, 0.4) is 0 Å². The van der Waals surface area contributed by atoms with Gasteiger partial charge in [0.2, 0.25) is 0 Å². The van der Waals surface area contributed by atoms with E-state index >= 15 is 0 Å². The summed E-state index contributed by atoms with van der Waals surface area (Å²) >= 11 is 1.74. The van der Waals surface area contributed by atoms with E-state index in [2.05, 4.69) is 27.7 Å². The van der Waals surface area contributed by atoms with Gasteiger partial charge < -0.3 is 15.2 Å². The van der Waals surface area contributed by atoms with Gasteiger partial charge in [0.1, 0.15) is 18.1 Å². The fourth-order valence-corrected chi connectivity index (χ4v) is 4.38. The van der Waals surface area contributed by atoms with E-state index in [0.29, 0.717) is 12.4 Å². The predicted molar refractivity (Wildman–Crippen MR) is 109 cm³/mol. The molecule has 3 aromatic rings. The molecule has 1 fully saturated rings. The maximum Gasteiger partial charge on any atom is 0.124 e. The molecule has 27 heavy (non-hydrogen) atoms. The zero-order valence-electron chi connectivity index (χ0n) is 15.2. The summed E-state index contributed by atoms with van der Waals surface area (Å²) in [4.78, 5) is 3.69. The van der Waals surface area contributed by atoms with E-state index in [0.717, 1.165) is 37.3 Å². The molecule has 0 aliphatic carbocycles. The van der Waals surface area contributed by atoms with Crippen LogP contribution in [0, 0.1) is 0 Å². The van der Waals surface area contributed by atoms with Gasteiger partial charge in [-0.2, -0.15) is 0 Å². The number of phenols is 1. The van der Waals surface area contributed by atoms with Crippen molar-refractivity contribution in [2.75, 3.05) is 26.2 Å². The average Bonchev–Trinajstić information content (AvgIpc) is 3.24. The maximum atomic E-state index is 10.8. The highest BCUT2D eigenvalue weighted by atomic mass is 32.1. The second-order valence-electron chi connectivity index (χ2n) is 6.70. The number of thiophene rings is 1. The molecule has 2 N–H and O–H groups in total. The molecule has 0 unspecified atom stereocenters. The second kappa shape index (κ2) is 8.57. The zero-order chi connectivity index (χ0) is 18.5. The number of phenolic OH excluding ortho intramolecular Hbond substituents is 1. The molecule has 0 bridgehead atoms. The van der Waals surface area contributed by atoms with Crippen LogP contribution in [-0.2, 0) is 6.61 Å². The maximum absolute atomic E-state index is 10.8. The average molecular weight is 381 g/mol. The van der Waals surface area contributed by atoms with Crippen molar-refractivity contribution in [2.45, 2.75) is 12.6 Å². The fraction of sp³-hybridized carbons (Fsp3) is 0.273. The highest BCUT2D eigenvalue weighted by Gasteiger charge is 2.27. The summed E-state index contributed by atoms with van der Waals surface area (Å²) in [5.41, 5.74) is 2.05. The minimum atomic E-state index is 0.0790. The number of piperazine rings is 1. The molecule has 1 saturated heterocycles. The van der Waals surface area contributed by atoms with Crippen LogP contribution in [0.2, 0.25) is 0 Å². The Labute approximate surface area is 164 Å². The Balaban J connectivity index is 1.55. The normalized spacial score (nSPS) is 16.1. The van der Waals surface area contributed by atoms with E-state index in [-0.39, 0.29) is 11.8 Å². The molecule has 140 valence electrons. The van der Waals surface area contributed by atoms with Gasteiger partial charge >= 0.3 is 0 Å². The summed E-state index contributed by atoms with van der Waals surface area (Å²) in [6.07, 6.45) is 0. The lowest BCUT2D eigenvalue weighted by molar-refractivity contribution is 0.198. The van der Waals surface area contributed by atoms with E-state index in [1.165, 1.54) is 4.88 Å². The van der Waals surface area contributed by atoms with Gasteiger partial charge in [-0.1, -0.05) is 36.4 Å². The Morgan fingerprint density at radius 1 is 1.04 bits per heavy atom. The van der Waals surface area contributed by atoms with E-state index in [1.54, 1.807) is 17.4 Å². The molecule has 1 aromatic heterocycles. The Hall–Kier alpha value is -2.34. The Morgan fingerprint density at radius 2 is 1.85 bits per heavy atom. The van der Waals surface area contributed by atoms with Gasteiger partial charge in [0.15, 0.2) is 0 Å². The number of rotatable bonds is 6. The molecule has 2 heterocycles. The first-order chi connectivity index (χ1) is 13.3. The molecule has 1 atom stereocenters. The van der Waals surface area contributed by atoms with Gasteiger partial charge in [-0.3, -0.25) is 4.90 Å². The highest BCUT2D eigenvalue weighted by Crippen LogP contribution is 2.38. The van der Waals surface area contributed by atoms with Crippen molar-refractivity contribution in [1.29, 1.82) is 0 Å². The molecule has 0 spiro atoms. The lowest BCUT2D eigenvalue weighted by Crippen LogP contribution is -2.45. The van der Waals surface area contributed by atoms with Crippen LogP contribution >= 0.6 is 11.3 Å². The number of hydrogen-bond acceptors (Lipinski definition) is 5. The highest BCUT2D eigenvalue weighted by molar-refractivity contribution is 7.10. The topological polar surface area (TPSA) is 44.7 Å². The third-order valence-electron chi connectivity index (χ3n) is 4.87. The zero-order valence-corrected chi connectivity index (χ0v) is 16.0. The van der Waals surface area contributed by atoms with Crippen LogP contribution in [0.1, 0.15) is 22.0 Å². The van der Waals surface area contributed by atoms with Gasteiger partial charge in [0.25, 0.3) is 0 Å². The molecule has 2 aromatic carbocycles. The fourth-order valence-electron chi connectivity index (χ4n) is 3.50. The van der Waals surface area contributed by atoms with E-state index in [4.69, 9.17) is 4.74 Å².